The van der Waals surface area contributed by atoms with E-state index in [1.54, 1.807) is 27.8 Å². The highest BCUT2D eigenvalue weighted by molar-refractivity contribution is 5.87. The van der Waals surface area contributed by atoms with E-state index in [0.717, 1.165) is 16.3 Å². The molecule has 2 aromatic carbocycles. The van der Waals surface area contributed by atoms with E-state index in [4.69, 9.17) is 0 Å². The monoisotopic (exact) mass is 313 g/mol. The van der Waals surface area contributed by atoms with Gasteiger partial charge in [-0.2, -0.15) is 0 Å². The molecule has 0 saturated carbocycles. The van der Waals surface area contributed by atoms with Crippen molar-refractivity contribution in [1.29, 1.82) is 0 Å². The van der Waals surface area contributed by atoms with E-state index in [9.17, 15) is 14.7 Å². The van der Waals surface area contributed by atoms with Crippen molar-refractivity contribution in [2.75, 3.05) is 7.05 Å². The van der Waals surface area contributed by atoms with Crippen LogP contribution >= 0.6 is 0 Å². The number of carboxylic acid groups (broad SMARTS) is 1. The number of aliphatic carboxylic acids is 1. The minimum absolute atomic E-state index is 0.175. The minimum Gasteiger partial charge on any atom is -0.480 e. The Morgan fingerprint density at radius 3 is 2.26 bits per heavy atom. The van der Waals surface area contributed by atoms with Gasteiger partial charge in [0.1, 0.15) is 6.04 Å². The molecule has 2 aromatic rings. The number of carbonyl (C=O) groups is 2. The lowest BCUT2D eigenvalue weighted by atomic mass is 9.93. The first-order chi connectivity index (χ1) is 10.7. The number of amides is 1. The second-order valence-electron chi connectivity index (χ2n) is 6.91. The van der Waals surface area contributed by atoms with Gasteiger partial charge in [-0.1, -0.05) is 63.2 Å². The molecule has 23 heavy (non-hydrogen) atoms. The van der Waals surface area contributed by atoms with Gasteiger partial charge >= 0.3 is 5.97 Å². The summed E-state index contributed by atoms with van der Waals surface area (Å²) in [5.74, 6) is -1.16. The van der Waals surface area contributed by atoms with Crippen LogP contribution in [0.25, 0.3) is 10.8 Å². The maximum absolute atomic E-state index is 12.4. The normalized spacial score (nSPS) is 12.9. The van der Waals surface area contributed by atoms with E-state index in [2.05, 4.69) is 0 Å². The van der Waals surface area contributed by atoms with Crippen LogP contribution in [0.3, 0.4) is 0 Å². The molecule has 2 rings (SSSR count). The summed E-state index contributed by atoms with van der Waals surface area (Å²) in [5.41, 5.74) is 0.302. The van der Waals surface area contributed by atoms with Gasteiger partial charge in [-0.3, -0.25) is 4.79 Å². The number of fused-ring (bicyclic) bond motifs is 1. The van der Waals surface area contributed by atoms with Crippen LogP contribution in [-0.4, -0.2) is 35.0 Å². The number of benzene rings is 2. The molecule has 1 atom stereocenters. The van der Waals surface area contributed by atoms with Crippen molar-refractivity contribution in [3.05, 3.63) is 48.0 Å². The standard InChI is InChI=1S/C19H23NO3/c1-19(2,3)18(23)20(4)16(17(21)22)12-13-9-10-14-7-5-6-8-15(14)11-13/h5-11,16H,12H2,1-4H3,(H,21,22)/t16-/m1/s1. The van der Waals surface area contributed by atoms with Crippen LogP contribution in [0, 0.1) is 5.41 Å². The first-order valence-corrected chi connectivity index (χ1v) is 7.68. The fourth-order valence-electron chi connectivity index (χ4n) is 2.65. The van der Waals surface area contributed by atoms with E-state index in [1.807, 2.05) is 42.5 Å². The van der Waals surface area contributed by atoms with Gasteiger partial charge in [0, 0.05) is 18.9 Å². The fraction of sp³-hybridized carbons (Fsp3) is 0.368. The van der Waals surface area contributed by atoms with E-state index < -0.39 is 17.4 Å². The van der Waals surface area contributed by atoms with Gasteiger partial charge in [0.15, 0.2) is 0 Å². The Labute approximate surface area is 136 Å². The third kappa shape index (κ3) is 3.89. The molecule has 0 aliphatic heterocycles. The molecule has 1 amide bonds. The summed E-state index contributed by atoms with van der Waals surface area (Å²) in [5, 5.41) is 11.7. The van der Waals surface area contributed by atoms with Crippen LogP contribution < -0.4 is 0 Å². The van der Waals surface area contributed by atoms with Gasteiger partial charge in [0.05, 0.1) is 0 Å². The van der Waals surface area contributed by atoms with Gasteiger partial charge < -0.3 is 10.0 Å². The third-order valence-corrected chi connectivity index (χ3v) is 3.96. The van der Waals surface area contributed by atoms with Gasteiger partial charge in [-0.25, -0.2) is 4.79 Å². The van der Waals surface area contributed by atoms with Crippen LogP contribution in [0.1, 0.15) is 26.3 Å². The highest BCUT2D eigenvalue weighted by Gasteiger charge is 2.33. The van der Waals surface area contributed by atoms with E-state index in [1.165, 1.54) is 4.90 Å². The molecule has 0 bridgehead atoms. The number of hydrogen-bond acceptors (Lipinski definition) is 2. The molecule has 1 N–H and O–H groups in total. The third-order valence-electron chi connectivity index (χ3n) is 3.96. The zero-order chi connectivity index (χ0) is 17.2. The van der Waals surface area contributed by atoms with Gasteiger partial charge in [-0.05, 0) is 16.3 Å². The van der Waals surface area contributed by atoms with Crippen LogP contribution in [0.5, 0.6) is 0 Å². The highest BCUT2D eigenvalue weighted by atomic mass is 16.4. The van der Waals surface area contributed by atoms with Crippen molar-refractivity contribution in [2.45, 2.75) is 33.2 Å². The molecule has 0 saturated heterocycles. The molecule has 122 valence electrons. The molecule has 0 unspecified atom stereocenters. The topological polar surface area (TPSA) is 57.6 Å². The smallest absolute Gasteiger partial charge is 0.326 e. The molecule has 0 heterocycles. The predicted molar refractivity (Wildman–Crippen MR) is 91.3 cm³/mol. The van der Waals surface area contributed by atoms with Crippen LogP contribution in [-0.2, 0) is 16.0 Å². The quantitative estimate of drug-likeness (QED) is 0.942. The van der Waals surface area contributed by atoms with Gasteiger partial charge in [-0.15, -0.1) is 0 Å². The minimum atomic E-state index is -0.988. The summed E-state index contributed by atoms with van der Waals surface area (Å²) < 4.78 is 0. The number of rotatable bonds is 4. The van der Waals surface area contributed by atoms with E-state index >= 15 is 0 Å². The van der Waals surface area contributed by atoms with E-state index in [0.29, 0.717) is 6.42 Å². The Hall–Kier alpha value is -2.36. The molecule has 0 fully saturated rings. The summed E-state index contributed by atoms with van der Waals surface area (Å²) in [6.45, 7) is 5.38. The van der Waals surface area contributed by atoms with Gasteiger partial charge in [0.2, 0.25) is 5.91 Å². The summed E-state index contributed by atoms with van der Waals surface area (Å²) >= 11 is 0. The number of nitrogens with zero attached hydrogens (tertiary/aromatic N) is 1. The average molecular weight is 313 g/mol. The molecule has 0 aliphatic rings. The molecule has 0 spiro atoms. The summed E-state index contributed by atoms with van der Waals surface area (Å²) in [6, 6.07) is 13.0. The molecule has 0 aromatic heterocycles. The summed E-state index contributed by atoms with van der Waals surface area (Å²) in [4.78, 5) is 25.4. The van der Waals surface area contributed by atoms with Gasteiger partial charge in [0.25, 0.3) is 0 Å². The Bertz CT molecular complexity index is 731. The molecule has 4 nitrogen and oxygen atoms in total. The van der Waals surface area contributed by atoms with Crippen molar-refractivity contribution < 1.29 is 14.7 Å². The molecule has 0 aliphatic carbocycles. The Kier molecular flexibility index (Phi) is 4.73. The molecular formula is C19H23NO3. The molecule has 4 heteroatoms. The Morgan fingerprint density at radius 1 is 1.09 bits per heavy atom. The lowest BCUT2D eigenvalue weighted by molar-refractivity contribution is -0.152. The van der Waals surface area contributed by atoms with Crippen molar-refractivity contribution >= 4 is 22.6 Å². The number of carbonyl (C=O) groups excluding carboxylic acids is 1. The van der Waals surface area contributed by atoms with Crippen molar-refractivity contribution in [3.63, 3.8) is 0 Å². The SMILES string of the molecule is CN(C(=O)C(C)(C)C)[C@H](Cc1ccc2ccccc2c1)C(=O)O. The lowest BCUT2D eigenvalue weighted by Gasteiger charge is -2.30. The van der Waals surface area contributed by atoms with Crippen LogP contribution in [0.15, 0.2) is 42.5 Å². The first-order valence-electron chi connectivity index (χ1n) is 7.68. The molecule has 0 radical (unpaired) electrons. The van der Waals surface area contributed by atoms with E-state index in [-0.39, 0.29) is 5.91 Å². The number of likely N-dealkylation sites (N-methyl/N-ethyl adjacent to an activating group) is 1. The summed E-state index contributed by atoms with van der Waals surface area (Å²) in [7, 11) is 1.56. The zero-order valence-corrected chi connectivity index (χ0v) is 14.0. The maximum atomic E-state index is 12.4. The van der Waals surface area contributed by atoms with Crippen LogP contribution in [0.4, 0.5) is 0 Å². The molecular weight excluding hydrogens is 290 g/mol. The Balaban J connectivity index is 2.27. The maximum Gasteiger partial charge on any atom is 0.326 e. The van der Waals surface area contributed by atoms with Crippen molar-refractivity contribution in [1.82, 2.24) is 4.90 Å². The second-order valence-corrected chi connectivity index (χ2v) is 6.91. The summed E-state index contributed by atoms with van der Waals surface area (Å²) in [6.07, 6.45) is 0.290. The largest absolute Gasteiger partial charge is 0.480 e. The fourth-order valence-corrected chi connectivity index (χ4v) is 2.65. The highest BCUT2D eigenvalue weighted by Crippen LogP contribution is 2.21. The Morgan fingerprint density at radius 2 is 1.70 bits per heavy atom. The van der Waals surface area contributed by atoms with Crippen molar-refractivity contribution in [3.8, 4) is 0 Å². The lowest BCUT2D eigenvalue weighted by Crippen LogP contribution is -2.48. The average Bonchev–Trinajstić information content (AvgIpc) is 2.49. The number of carboxylic acids is 1. The first kappa shape index (κ1) is 17.0. The predicted octanol–water partition coefficient (Wildman–Crippen LogP) is 3.34. The van der Waals surface area contributed by atoms with Crippen LogP contribution in [0.2, 0.25) is 0 Å². The zero-order valence-electron chi connectivity index (χ0n) is 14.0. The van der Waals surface area contributed by atoms with Crippen molar-refractivity contribution in [2.24, 2.45) is 5.41 Å². The second kappa shape index (κ2) is 6.41. The number of hydrogen-bond donors (Lipinski definition) is 1.